The Morgan fingerprint density at radius 1 is 1.40 bits per heavy atom. The first-order valence-electron chi connectivity index (χ1n) is 5.70. The summed E-state index contributed by atoms with van der Waals surface area (Å²) in [6.45, 7) is 0. The molecule has 2 aromatic rings. The molecular formula is C12H12N4O4. The number of anilines is 1. The summed E-state index contributed by atoms with van der Waals surface area (Å²) < 4.78 is 5.32. The second kappa shape index (κ2) is 5.93. The highest BCUT2D eigenvalue weighted by molar-refractivity contribution is 5.29. The van der Waals surface area contributed by atoms with Gasteiger partial charge in [-0.25, -0.2) is 15.1 Å². The van der Waals surface area contributed by atoms with Crippen LogP contribution in [-0.4, -0.2) is 22.1 Å². The smallest absolute Gasteiger partial charge is 0.266 e. The maximum Gasteiger partial charge on any atom is 0.266 e. The molecule has 1 unspecified atom stereocenters. The number of aromatic amines is 1. The molecule has 0 bridgehead atoms. The fourth-order valence-electron chi connectivity index (χ4n) is 1.81. The number of hydrazine groups is 1. The molecule has 0 aliphatic carbocycles. The van der Waals surface area contributed by atoms with Crippen molar-refractivity contribution >= 4 is 5.95 Å². The highest BCUT2D eigenvalue weighted by Crippen LogP contribution is 2.22. The summed E-state index contributed by atoms with van der Waals surface area (Å²) in [7, 11) is 1.47. The zero-order valence-electron chi connectivity index (χ0n) is 10.6. The van der Waals surface area contributed by atoms with E-state index in [9.17, 15) is 14.9 Å². The molecule has 0 saturated carbocycles. The molecule has 2 N–H and O–H groups in total. The van der Waals surface area contributed by atoms with Gasteiger partial charge in [0.1, 0.15) is 6.10 Å². The number of nitro groups is 1. The number of nitrogens with one attached hydrogen (secondary N) is 2. The van der Waals surface area contributed by atoms with Crippen LogP contribution in [0.1, 0.15) is 17.4 Å². The van der Waals surface area contributed by atoms with Gasteiger partial charge in [-0.3, -0.25) is 9.78 Å². The summed E-state index contributed by atoms with van der Waals surface area (Å²) in [6.07, 6.45) is -0.578. The number of benzene rings is 1. The second-order valence-electron chi connectivity index (χ2n) is 3.91. The lowest BCUT2D eigenvalue weighted by Crippen LogP contribution is -2.19. The Balaban J connectivity index is 2.42. The molecule has 8 nitrogen and oxygen atoms in total. The first kappa shape index (κ1) is 13.7. The number of hydrogen-bond acceptors (Lipinski definition) is 5. The van der Waals surface area contributed by atoms with Gasteiger partial charge in [-0.15, -0.1) is 0 Å². The number of rotatable bonds is 5. The number of hydrogen-bond donors (Lipinski definition) is 2. The molecule has 1 heterocycles. The van der Waals surface area contributed by atoms with Crippen LogP contribution in [0, 0.1) is 10.1 Å². The summed E-state index contributed by atoms with van der Waals surface area (Å²) in [5.74, 6) is -0.240. The molecule has 1 aromatic carbocycles. The van der Waals surface area contributed by atoms with Gasteiger partial charge in [0.05, 0.1) is 5.69 Å². The molecule has 0 spiro atoms. The largest absolute Gasteiger partial charge is 0.370 e. The van der Waals surface area contributed by atoms with E-state index in [1.54, 1.807) is 0 Å². The Morgan fingerprint density at radius 2 is 2.10 bits per heavy atom. The van der Waals surface area contributed by atoms with Crippen molar-refractivity contribution in [2.75, 3.05) is 12.5 Å². The molecule has 8 heteroatoms. The van der Waals surface area contributed by atoms with Crippen LogP contribution in [0.15, 0.2) is 41.2 Å². The molecule has 0 amide bonds. The summed E-state index contributed by atoms with van der Waals surface area (Å²) in [6, 6.07) is 10.4. The normalized spacial score (nSPS) is 11.8. The van der Waals surface area contributed by atoms with E-state index in [0.717, 1.165) is 5.56 Å². The molecule has 104 valence electrons. The molecule has 0 saturated heterocycles. The van der Waals surface area contributed by atoms with Crippen molar-refractivity contribution in [2.45, 2.75) is 6.10 Å². The van der Waals surface area contributed by atoms with Crippen LogP contribution in [0.5, 0.6) is 0 Å². The van der Waals surface area contributed by atoms with Gasteiger partial charge in [-0.2, -0.15) is 0 Å². The van der Waals surface area contributed by atoms with Crippen LogP contribution in [-0.2, 0) is 4.74 Å². The van der Waals surface area contributed by atoms with Gasteiger partial charge in [0.2, 0.25) is 0 Å². The quantitative estimate of drug-likeness (QED) is 0.625. The third-order valence-corrected chi connectivity index (χ3v) is 2.57. The topological polar surface area (TPSA) is 110 Å². The van der Waals surface area contributed by atoms with E-state index in [2.05, 4.69) is 9.97 Å². The highest BCUT2D eigenvalue weighted by Gasteiger charge is 2.17. The van der Waals surface area contributed by atoms with E-state index in [0.29, 0.717) is 0 Å². The van der Waals surface area contributed by atoms with E-state index in [-0.39, 0.29) is 11.6 Å². The van der Waals surface area contributed by atoms with Gasteiger partial charge < -0.3 is 4.74 Å². The van der Waals surface area contributed by atoms with Crippen molar-refractivity contribution in [3.05, 3.63) is 68.1 Å². The standard InChI is InChI=1S/C12H12N4O4/c1-20-11(8-5-3-2-4-6-8)9-7-10(17)14-12(13-9)15-16(18)19/h2-7,11H,1H3,(H2,13,14,15,17). The number of aromatic nitrogens is 2. The lowest BCUT2D eigenvalue weighted by atomic mass is 10.1. The summed E-state index contributed by atoms with van der Waals surface area (Å²) in [5.41, 5.74) is 2.39. The summed E-state index contributed by atoms with van der Waals surface area (Å²) >= 11 is 0. The first-order chi connectivity index (χ1) is 9.60. The van der Waals surface area contributed by atoms with Gasteiger partial charge in [-0.05, 0) is 5.56 Å². The molecule has 0 fully saturated rings. The number of methoxy groups -OCH3 is 1. The van der Waals surface area contributed by atoms with E-state index in [1.165, 1.54) is 13.2 Å². The van der Waals surface area contributed by atoms with Crippen LogP contribution in [0.25, 0.3) is 0 Å². The van der Waals surface area contributed by atoms with Crippen molar-refractivity contribution in [2.24, 2.45) is 0 Å². The Hall–Kier alpha value is -2.74. The van der Waals surface area contributed by atoms with Gasteiger partial charge in [0.25, 0.3) is 11.5 Å². The number of nitrogens with zero attached hydrogens (tertiary/aromatic N) is 2. The zero-order chi connectivity index (χ0) is 14.5. The fraction of sp³-hybridized carbons (Fsp3) is 0.167. The van der Waals surface area contributed by atoms with Crippen LogP contribution in [0.4, 0.5) is 5.95 Å². The third kappa shape index (κ3) is 3.18. The van der Waals surface area contributed by atoms with Crippen molar-refractivity contribution < 1.29 is 9.77 Å². The molecule has 0 radical (unpaired) electrons. The maximum atomic E-state index is 11.5. The van der Waals surface area contributed by atoms with Crippen molar-refractivity contribution in [3.63, 3.8) is 0 Å². The Labute approximate surface area is 113 Å². The minimum atomic E-state index is -0.799. The van der Waals surface area contributed by atoms with Gasteiger partial charge in [-0.1, -0.05) is 35.8 Å². The highest BCUT2D eigenvalue weighted by atomic mass is 16.7. The lowest BCUT2D eigenvalue weighted by Gasteiger charge is -2.15. The molecular weight excluding hydrogens is 264 g/mol. The van der Waals surface area contributed by atoms with Crippen molar-refractivity contribution in [1.29, 1.82) is 0 Å². The molecule has 1 atom stereocenters. The van der Waals surface area contributed by atoms with Crippen LogP contribution in [0.3, 0.4) is 0 Å². The molecule has 0 aliphatic rings. The van der Waals surface area contributed by atoms with Crippen LogP contribution < -0.4 is 11.0 Å². The van der Waals surface area contributed by atoms with E-state index < -0.39 is 16.7 Å². The predicted molar refractivity (Wildman–Crippen MR) is 70.8 cm³/mol. The maximum absolute atomic E-state index is 11.5. The second-order valence-corrected chi connectivity index (χ2v) is 3.91. The zero-order valence-corrected chi connectivity index (χ0v) is 10.6. The van der Waals surface area contributed by atoms with Gasteiger partial charge >= 0.3 is 0 Å². The molecule has 0 aliphatic heterocycles. The Kier molecular flexibility index (Phi) is 4.06. The van der Waals surface area contributed by atoms with E-state index >= 15 is 0 Å². The number of ether oxygens (including phenoxy) is 1. The van der Waals surface area contributed by atoms with Crippen molar-refractivity contribution in [3.8, 4) is 0 Å². The Morgan fingerprint density at radius 3 is 2.70 bits per heavy atom. The third-order valence-electron chi connectivity index (χ3n) is 2.57. The monoisotopic (exact) mass is 276 g/mol. The average molecular weight is 276 g/mol. The summed E-state index contributed by atoms with van der Waals surface area (Å²) in [4.78, 5) is 28.2. The fourth-order valence-corrected chi connectivity index (χ4v) is 1.81. The molecule has 2 rings (SSSR count). The minimum Gasteiger partial charge on any atom is -0.370 e. The van der Waals surface area contributed by atoms with Gasteiger partial charge in [0.15, 0.2) is 5.03 Å². The van der Waals surface area contributed by atoms with E-state index in [4.69, 9.17) is 4.74 Å². The Bertz CT molecular complexity index is 656. The van der Waals surface area contributed by atoms with Crippen molar-refractivity contribution in [1.82, 2.24) is 9.97 Å². The lowest BCUT2D eigenvalue weighted by molar-refractivity contribution is -0.446. The molecule has 1 aromatic heterocycles. The minimum absolute atomic E-state index is 0.240. The SMILES string of the molecule is COC(c1ccccc1)c1cc(=O)[nH]c(N[N+](=O)[O-])n1. The van der Waals surface area contributed by atoms with Gasteiger partial charge in [0, 0.05) is 13.2 Å². The van der Waals surface area contributed by atoms with Crippen LogP contribution in [0.2, 0.25) is 0 Å². The average Bonchev–Trinajstić information content (AvgIpc) is 2.39. The van der Waals surface area contributed by atoms with Crippen LogP contribution >= 0.6 is 0 Å². The summed E-state index contributed by atoms with van der Waals surface area (Å²) in [5, 5.41) is 9.60. The first-order valence-corrected chi connectivity index (χ1v) is 5.70. The van der Waals surface area contributed by atoms with E-state index in [1.807, 2.05) is 35.8 Å². The number of H-pyrrole nitrogens is 1. The molecule has 20 heavy (non-hydrogen) atoms. The predicted octanol–water partition coefficient (Wildman–Crippen LogP) is 1.11.